The fraction of sp³-hybridized carbons (Fsp3) is 0.750. The number of aromatic nitrogens is 1. The SMILES string of the molecule is CC1CCC(N)CC1CCc1ccns1. The van der Waals surface area contributed by atoms with Gasteiger partial charge in [-0.05, 0) is 61.5 Å². The van der Waals surface area contributed by atoms with Gasteiger partial charge in [-0.25, -0.2) is 4.37 Å². The van der Waals surface area contributed by atoms with Crippen molar-refractivity contribution in [3.05, 3.63) is 17.1 Å². The molecule has 1 aromatic heterocycles. The molecule has 0 spiro atoms. The number of aryl methyl sites for hydroxylation is 1. The molecule has 0 saturated heterocycles. The Morgan fingerprint density at radius 2 is 2.40 bits per heavy atom. The van der Waals surface area contributed by atoms with Crippen LogP contribution >= 0.6 is 11.5 Å². The highest BCUT2D eigenvalue weighted by Crippen LogP contribution is 2.32. The van der Waals surface area contributed by atoms with Crippen LogP contribution in [0.5, 0.6) is 0 Å². The molecule has 3 atom stereocenters. The van der Waals surface area contributed by atoms with Crippen molar-refractivity contribution in [2.24, 2.45) is 17.6 Å². The Morgan fingerprint density at radius 1 is 1.53 bits per heavy atom. The second-order valence-corrected chi connectivity index (χ2v) is 5.75. The first kappa shape index (κ1) is 11.1. The Morgan fingerprint density at radius 3 is 3.13 bits per heavy atom. The molecular formula is C12H20N2S. The van der Waals surface area contributed by atoms with Crippen LogP contribution in [0.15, 0.2) is 12.3 Å². The zero-order chi connectivity index (χ0) is 10.7. The summed E-state index contributed by atoms with van der Waals surface area (Å²) < 4.78 is 4.14. The minimum atomic E-state index is 0.452. The Labute approximate surface area is 96.1 Å². The van der Waals surface area contributed by atoms with E-state index in [9.17, 15) is 0 Å². The molecule has 2 nitrogen and oxygen atoms in total. The van der Waals surface area contributed by atoms with Gasteiger partial charge < -0.3 is 5.73 Å². The predicted octanol–water partition coefficient (Wildman–Crippen LogP) is 2.84. The summed E-state index contributed by atoms with van der Waals surface area (Å²) in [5.41, 5.74) is 6.03. The molecule has 1 aromatic rings. The molecule has 84 valence electrons. The number of hydrogen-bond acceptors (Lipinski definition) is 3. The molecule has 0 bridgehead atoms. The molecule has 1 aliphatic rings. The van der Waals surface area contributed by atoms with E-state index in [1.54, 1.807) is 11.5 Å². The lowest BCUT2D eigenvalue weighted by atomic mass is 9.76. The molecule has 0 aromatic carbocycles. The van der Waals surface area contributed by atoms with Crippen molar-refractivity contribution in [2.45, 2.75) is 45.1 Å². The molecule has 1 heterocycles. The Balaban J connectivity index is 1.82. The van der Waals surface area contributed by atoms with Crippen molar-refractivity contribution in [1.29, 1.82) is 0 Å². The lowest BCUT2D eigenvalue weighted by Crippen LogP contribution is -2.32. The van der Waals surface area contributed by atoms with Crippen LogP contribution in [0, 0.1) is 11.8 Å². The molecule has 1 saturated carbocycles. The summed E-state index contributed by atoms with van der Waals surface area (Å²) in [6.45, 7) is 2.38. The van der Waals surface area contributed by atoms with Crippen molar-refractivity contribution < 1.29 is 0 Å². The quantitative estimate of drug-likeness (QED) is 0.857. The summed E-state index contributed by atoms with van der Waals surface area (Å²) in [6.07, 6.45) is 8.13. The van der Waals surface area contributed by atoms with Gasteiger partial charge in [-0.3, -0.25) is 0 Å². The average molecular weight is 224 g/mol. The van der Waals surface area contributed by atoms with Gasteiger partial charge in [0.1, 0.15) is 0 Å². The molecule has 3 heteroatoms. The zero-order valence-electron chi connectivity index (χ0n) is 9.36. The highest BCUT2D eigenvalue weighted by Gasteiger charge is 2.25. The van der Waals surface area contributed by atoms with Crippen LogP contribution < -0.4 is 5.73 Å². The third-order valence-electron chi connectivity index (χ3n) is 3.66. The molecular weight excluding hydrogens is 204 g/mol. The molecule has 2 N–H and O–H groups in total. The van der Waals surface area contributed by atoms with E-state index in [0.29, 0.717) is 6.04 Å². The van der Waals surface area contributed by atoms with Crippen LogP contribution in [0.2, 0.25) is 0 Å². The van der Waals surface area contributed by atoms with Crippen LogP contribution in [0.25, 0.3) is 0 Å². The fourth-order valence-corrected chi connectivity index (χ4v) is 3.14. The molecule has 0 aliphatic heterocycles. The topological polar surface area (TPSA) is 38.9 Å². The van der Waals surface area contributed by atoms with E-state index in [1.807, 2.05) is 6.20 Å². The Bertz CT molecular complexity index is 284. The van der Waals surface area contributed by atoms with E-state index in [4.69, 9.17) is 5.73 Å². The minimum absolute atomic E-state index is 0.452. The summed E-state index contributed by atoms with van der Waals surface area (Å²) in [7, 11) is 0. The fourth-order valence-electron chi connectivity index (χ4n) is 2.55. The van der Waals surface area contributed by atoms with Gasteiger partial charge in [0.25, 0.3) is 0 Å². The van der Waals surface area contributed by atoms with Gasteiger partial charge in [0.05, 0.1) is 0 Å². The molecule has 2 rings (SSSR count). The Hall–Kier alpha value is -0.410. The number of nitrogens with two attached hydrogens (primary N) is 1. The van der Waals surface area contributed by atoms with Gasteiger partial charge in [-0.15, -0.1) is 0 Å². The Kier molecular flexibility index (Phi) is 3.76. The maximum absolute atomic E-state index is 6.03. The van der Waals surface area contributed by atoms with Gasteiger partial charge >= 0.3 is 0 Å². The molecule has 3 unspecified atom stereocenters. The number of nitrogens with zero attached hydrogens (tertiary/aromatic N) is 1. The third kappa shape index (κ3) is 3.02. The lowest BCUT2D eigenvalue weighted by Gasteiger charge is -2.32. The monoisotopic (exact) mass is 224 g/mol. The predicted molar refractivity (Wildman–Crippen MR) is 64.9 cm³/mol. The van der Waals surface area contributed by atoms with Crippen LogP contribution in [-0.4, -0.2) is 10.4 Å². The van der Waals surface area contributed by atoms with E-state index in [0.717, 1.165) is 11.8 Å². The first-order chi connectivity index (χ1) is 7.25. The molecule has 1 aliphatic carbocycles. The summed E-state index contributed by atoms with van der Waals surface area (Å²) in [5, 5.41) is 0. The van der Waals surface area contributed by atoms with Crippen LogP contribution in [0.3, 0.4) is 0 Å². The number of hydrogen-bond donors (Lipinski definition) is 1. The molecule has 0 amide bonds. The highest BCUT2D eigenvalue weighted by molar-refractivity contribution is 7.05. The maximum Gasteiger partial charge on any atom is 0.0409 e. The summed E-state index contributed by atoms with van der Waals surface area (Å²) in [5.74, 6) is 1.69. The zero-order valence-corrected chi connectivity index (χ0v) is 10.2. The largest absolute Gasteiger partial charge is 0.328 e. The van der Waals surface area contributed by atoms with E-state index < -0.39 is 0 Å². The molecule has 15 heavy (non-hydrogen) atoms. The van der Waals surface area contributed by atoms with Crippen LogP contribution in [0.1, 0.15) is 37.5 Å². The van der Waals surface area contributed by atoms with Gasteiger partial charge in [-0.2, -0.15) is 0 Å². The second kappa shape index (κ2) is 5.08. The summed E-state index contributed by atoms with van der Waals surface area (Å²) in [6, 6.07) is 2.59. The van der Waals surface area contributed by atoms with Gasteiger partial charge in [-0.1, -0.05) is 6.92 Å². The summed E-state index contributed by atoms with van der Waals surface area (Å²) >= 11 is 1.63. The lowest BCUT2D eigenvalue weighted by molar-refractivity contribution is 0.221. The minimum Gasteiger partial charge on any atom is -0.328 e. The highest BCUT2D eigenvalue weighted by atomic mass is 32.1. The standard InChI is InChI=1S/C12H20N2S/c1-9-2-4-11(13)8-10(9)3-5-12-6-7-14-15-12/h6-7,9-11H,2-5,8,13H2,1H3. The van der Waals surface area contributed by atoms with Crippen molar-refractivity contribution in [2.75, 3.05) is 0 Å². The van der Waals surface area contributed by atoms with E-state index in [2.05, 4.69) is 17.4 Å². The van der Waals surface area contributed by atoms with Gasteiger partial charge in [0.2, 0.25) is 0 Å². The van der Waals surface area contributed by atoms with Gasteiger partial charge in [0, 0.05) is 17.1 Å². The van der Waals surface area contributed by atoms with Crippen molar-refractivity contribution in [3.63, 3.8) is 0 Å². The van der Waals surface area contributed by atoms with E-state index in [-0.39, 0.29) is 0 Å². The first-order valence-electron chi connectivity index (χ1n) is 5.91. The average Bonchev–Trinajstić information content (AvgIpc) is 2.72. The van der Waals surface area contributed by atoms with Crippen molar-refractivity contribution in [3.8, 4) is 0 Å². The molecule has 1 fully saturated rings. The summed E-state index contributed by atoms with van der Waals surface area (Å²) in [4.78, 5) is 1.42. The third-order valence-corrected chi connectivity index (χ3v) is 4.46. The normalized spacial score (nSPS) is 31.7. The first-order valence-corrected chi connectivity index (χ1v) is 6.68. The smallest absolute Gasteiger partial charge is 0.0409 e. The van der Waals surface area contributed by atoms with Gasteiger partial charge in [0.15, 0.2) is 0 Å². The molecule has 0 radical (unpaired) electrons. The second-order valence-electron chi connectivity index (χ2n) is 4.83. The van der Waals surface area contributed by atoms with Crippen LogP contribution in [-0.2, 0) is 6.42 Å². The van der Waals surface area contributed by atoms with E-state index >= 15 is 0 Å². The number of rotatable bonds is 3. The van der Waals surface area contributed by atoms with E-state index in [1.165, 1.54) is 37.0 Å². The maximum atomic E-state index is 6.03. The van der Waals surface area contributed by atoms with Crippen LogP contribution in [0.4, 0.5) is 0 Å². The van der Waals surface area contributed by atoms with Crippen molar-refractivity contribution >= 4 is 11.5 Å². The van der Waals surface area contributed by atoms with Crippen molar-refractivity contribution in [1.82, 2.24) is 4.37 Å².